The second-order valence-electron chi connectivity index (χ2n) is 8.93. The van der Waals surface area contributed by atoms with Crippen LogP contribution in [0.25, 0.3) is 11.5 Å². The highest BCUT2D eigenvalue weighted by Gasteiger charge is 2.40. The van der Waals surface area contributed by atoms with Gasteiger partial charge in [-0.2, -0.15) is 0 Å². The summed E-state index contributed by atoms with van der Waals surface area (Å²) >= 11 is 0. The zero-order valence-corrected chi connectivity index (χ0v) is 20.0. The molecule has 2 aliphatic heterocycles. The van der Waals surface area contributed by atoms with Crippen molar-refractivity contribution in [3.8, 4) is 17.2 Å². The normalized spacial score (nSPS) is 19.6. The molecule has 34 heavy (non-hydrogen) atoms. The number of amides is 1. The van der Waals surface area contributed by atoms with Crippen LogP contribution in [0.5, 0.6) is 5.75 Å². The molecule has 2 aliphatic rings. The number of hydrazine groups is 1. The molecule has 0 bridgehead atoms. The first kappa shape index (κ1) is 22.2. The molecule has 1 fully saturated rings. The Morgan fingerprint density at radius 1 is 1.09 bits per heavy atom. The van der Waals surface area contributed by atoms with Crippen LogP contribution in [0.1, 0.15) is 47.5 Å². The Balaban J connectivity index is 1.29. The highest BCUT2D eigenvalue weighted by Crippen LogP contribution is 2.32. The van der Waals surface area contributed by atoms with Crippen LogP contribution in [-0.2, 0) is 11.3 Å². The van der Waals surface area contributed by atoms with Crippen molar-refractivity contribution in [2.45, 2.75) is 52.7 Å². The van der Waals surface area contributed by atoms with Crippen molar-refractivity contribution in [2.75, 3.05) is 6.61 Å². The van der Waals surface area contributed by atoms with Crippen LogP contribution in [0.4, 0.5) is 0 Å². The second-order valence-corrected chi connectivity index (χ2v) is 8.93. The number of fused-ring (bicyclic) bond motifs is 1. The summed E-state index contributed by atoms with van der Waals surface area (Å²) in [5.41, 5.74) is 8.85. The van der Waals surface area contributed by atoms with E-state index in [1.165, 1.54) is 16.7 Å². The minimum atomic E-state index is -0.241. The number of ether oxygens (including phenoxy) is 1. The molecule has 2 atom stereocenters. The van der Waals surface area contributed by atoms with Crippen LogP contribution in [0.2, 0.25) is 0 Å². The van der Waals surface area contributed by atoms with E-state index in [2.05, 4.69) is 42.5 Å². The molecule has 5 rings (SSSR count). The fourth-order valence-corrected chi connectivity index (χ4v) is 4.49. The minimum Gasteiger partial charge on any atom is -0.494 e. The van der Waals surface area contributed by atoms with E-state index in [-0.39, 0.29) is 18.0 Å². The molecule has 0 aliphatic carbocycles. The molecule has 0 radical (unpaired) electrons. The Hall–Kier alpha value is -3.58. The minimum absolute atomic E-state index is 0.0614. The van der Waals surface area contributed by atoms with Gasteiger partial charge in [0, 0.05) is 18.0 Å². The third kappa shape index (κ3) is 4.19. The van der Waals surface area contributed by atoms with Gasteiger partial charge in [0.1, 0.15) is 23.2 Å². The predicted molar refractivity (Wildman–Crippen MR) is 130 cm³/mol. The van der Waals surface area contributed by atoms with Gasteiger partial charge in [0.15, 0.2) is 0 Å². The largest absolute Gasteiger partial charge is 0.494 e. The van der Waals surface area contributed by atoms with Crippen LogP contribution in [-0.4, -0.2) is 33.4 Å². The smallest absolute Gasteiger partial charge is 0.251 e. The van der Waals surface area contributed by atoms with E-state index in [1.54, 1.807) is 4.90 Å². The lowest BCUT2D eigenvalue weighted by atomic mass is 9.97. The lowest BCUT2D eigenvalue weighted by Gasteiger charge is -2.31. The summed E-state index contributed by atoms with van der Waals surface area (Å²) < 4.78 is 11.4. The average Bonchev–Trinajstić information content (AvgIpc) is 3.43. The molecule has 7 nitrogen and oxygen atoms in total. The van der Waals surface area contributed by atoms with Gasteiger partial charge in [-0.15, -0.1) is 0 Å². The third-order valence-corrected chi connectivity index (χ3v) is 6.63. The first-order chi connectivity index (χ1) is 16.4. The summed E-state index contributed by atoms with van der Waals surface area (Å²) in [6.45, 7) is 9.08. The Morgan fingerprint density at radius 3 is 2.62 bits per heavy atom. The molecule has 0 spiro atoms. The number of hydrogen-bond acceptors (Lipinski definition) is 6. The number of rotatable bonds is 6. The number of carbonyl (C=O) groups excluding carboxylic acids is 1. The van der Waals surface area contributed by atoms with Crippen molar-refractivity contribution in [3.05, 3.63) is 83.0 Å². The molecule has 176 valence electrons. The molecule has 1 saturated heterocycles. The van der Waals surface area contributed by atoms with E-state index < -0.39 is 0 Å². The van der Waals surface area contributed by atoms with Gasteiger partial charge in [0.05, 0.1) is 19.2 Å². The summed E-state index contributed by atoms with van der Waals surface area (Å²) in [6.07, 6.45) is 4.48. The molecular weight excluding hydrogens is 428 g/mol. The zero-order valence-electron chi connectivity index (χ0n) is 20.0. The third-order valence-electron chi connectivity index (χ3n) is 6.63. The molecule has 2 aromatic carbocycles. The van der Waals surface area contributed by atoms with Gasteiger partial charge < -0.3 is 19.1 Å². The van der Waals surface area contributed by atoms with Crippen molar-refractivity contribution < 1.29 is 13.9 Å². The van der Waals surface area contributed by atoms with Crippen molar-refractivity contribution in [3.63, 3.8) is 0 Å². The Labute approximate surface area is 200 Å². The van der Waals surface area contributed by atoms with Crippen molar-refractivity contribution in [1.29, 1.82) is 0 Å². The molecule has 2 unspecified atom stereocenters. The average molecular weight is 459 g/mol. The molecule has 3 heterocycles. The van der Waals surface area contributed by atoms with E-state index in [0.29, 0.717) is 24.8 Å². The van der Waals surface area contributed by atoms with Gasteiger partial charge in [0.2, 0.25) is 5.89 Å². The van der Waals surface area contributed by atoms with Gasteiger partial charge in [-0.05, 0) is 75.1 Å². The van der Waals surface area contributed by atoms with Crippen molar-refractivity contribution in [2.24, 2.45) is 0 Å². The van der Waals surface area contributed by atoms with E-state index in [9.17, 15) is 4.79 Å². The van der Waals surface area contributed by atoms with Crippen molar-refractivity contribution >= 4 is 5.91 Å². The first-order valence-electron chi connectivity index (χ1n) is 11.7. The van der Waals surface area contributed by atoms with Crippen molar-refractivity contribution in [1.82, 2.24) is 20.3 Å². The predicted octanol–water partition coefficient (Wildman–Crippen LogP) is 4.80. The fraction of sp³-hybridized carbons (Fsp3) is 0.333. The second kappa shape index (κ2) is 8.99. The standard InChI is InChI=1S/C27H30N4O3/c1-5-33-22-10-8-20(9-11-22)26-28-24(19(4)34-26)16-30-12-13-31-25(27(30)32)15-23(29-31)21-7-6-17(2)18(3)14-21/h6-14,23,25,29H,5,15-16H2,1-4H3. The molecule has 0 saturated carbocycles. The zero-order chi connectivity index (χ0) is 23.8. The monoisotopic (exact) mass is 458 g/mol. The topological polar surface area (TPSA) is 70.8 Å². The van der Waals surface area contributed by atoms with Gasteiger partial charge in [-0.25, -0.2) is 10.4 Å². The van der Waals surface area contributed by atoms with E-state index in [0.717, 1.165) is 23.4 Å². The quantitative estimate of drug-likeness (QED) is 0.572. The summed E-state index contributed by atoms with van der Waals surface area (Å²) in [5.74, 6) is 2.13. The van der Waals surface area contributed by atoms with Gasteiger partial charge in [-0.3, -0.25) is 4.79 Å². The van der Waals surface area contributed by atoms with Gasteiger partial charge in [0.25, 0.3) is 5.91 Å². The molecular formula is C27H30N4O3. The van der Waals surface area contributed by atoms with Crippen LogP contribution in [0.3, 0.4) is 0 Å². The number of carbonyl (C=O) groups is 1. The first-order valence-corrected chi connectivity index (χ1v) is 11.7. The number of hydrogen-bond donors (Lipinski definition) is 1. The Morgan fingerprint density at radius 2 is 1.88 bits per heavy atom. The highest BCUT2D eigenvalue weighted by atomic mass is 16.5. The number of nitrogens with zero attached hydrogens (tertiary/aromatic N) is 3. The van der Waals surface area contributed by atoms with Crippen LogP contribution < -0.4 is 10.2 Å². The lowest BCUT2D eigenvalue weighted by Crippen LogP contribution is -2.47. The summed E-state index contributed by atoms with van der Waals surface area (Å²) in [5, 5.41) is 1.93. The van der Waals surface area contributed by atoms with Crippen LogP contribution in [0, 0.1) is 20.8 Å². The molecule has 3 aromatic rings. The SMILES string of the molecule is CCOc1ccc(-c2nc(CN3C=CN4NC(c5ccc(C)c(C)c5)CC4C3=O)c(C)o2)cc1. The van der Waals surface area contributed by atoms with E-state index in [4.69, 9.17) is 9.15 Å². The van der Waals surface area contributed by atoms with E-state index in [1.807, 2.05) is 55.5 Å². The summed E-state index contributed by atoms with van der Waals surface area (Å²) in [4.78, 5) is 19.7. The number of aromatic nitrogens is 1. The Kier molecular flexibility index (Phi) is 5.87. The van der Waals surface area contributed by atoms with Gasteiger partial charge >= 0.3 is 0 Å². The van der Waals surface area contributed by atoms with E-state index >= 15 is 0 Å². The molecule has 7 heteroatoms. The number of benzene rings is 2. The number of nitrogens with one attached hydrogen (secondary N) is 1. The lowest BCUT2D eigenvalue weighted by molar-refractivity contribution is -0.135. The number of oxazole rings is 1. The van der Waals surface area contributed by atoms with Crippen LogP contribution in [0.15, 0.2) is 59.3 Å². The maximum atomic E-state index is 13.3. The maximum Gasteiger partial charge on any atom is 0.251 e. The summed E-state index contributed by atoms with van der Waals surface area (Å²) in [6, 6.07) is 14.0. The van der Waals surface area contributed by atoms with Gasteiger partial charge in [-0.1, -0.05) is 18.2 Å². The summed E-state index contributed by atoms with van der Waals surface area (Å²) in [7, 11) is 0. The molecule has 1 N–H and O–H groups in total. The molecule has 1 aromatic heterocycles. The fourth-order valence-electron chi connectivity index (χ4n) is 4.49. The molecule has 1 amide bonds. The van der Waals surface area contributed by atoms with Crippen LogP contribution >= 0.6 is 0 Å². The highest BCUT2D eigenvalue weighted by molar-refractivity contribution is 5.84. The maximum absolute atomic E-state index is 13.3. The number of aryl methyl sites for hydroxylation is 3. The Bertz CT molecular complexity index is 1230.